The molecule has 1 rings (SSSR count). The van der Waals surface area contributed by atoms with Crippen LogP contribution >= 0.6 is 18.5 Å². The van der Waals surface area contributed by atoms with Crippen LogP contribution in [0.2, 0.25) is 0 Å². The molecule has 2 heteroatoms. The summed E-state index contributed by atoms with van der Waals surface area (Å²) >= 11 is 0. The Morgan fingerprint density at radius 2 is 1.37 bits per heavy atom. The number of rotatable bonds is 6. The van der Waals surface area contributed by atoms with Gasteiger partial charge >= 0.3 is 0 Å². The van der Waals surface area contributed by atoms with Gasteiger partial charge in [-0.2, -0.15) is 0 Å². The lowest BCUT2D eigenvalue weighted by Crippen LogP contribution is -1.93. The summed E-state index contributed by atoms with van der Waals surface area (Å²) in [5.74, 6) is 0. The Morgan fingerprint density at radius 3 is 1.84 bits per heavy atom. The molecule has 2 atom stereocenters. The second kappa shape index (κ2) is 16.1. The van der Waals surface area contributed by atoms with E-state index in [2.05, 4.69) is 43.6 Å². The Hall–Kier alpha value is 0.0800. The van der Waals surface area contributed by atoms with Gasteiger partial charge in [0.05, 0.1) is 0 Å². The smallest absolute Gasteiger partial charge is 0.0273 e. The molecule has 0 saturated heterocycles. The third-order valence-electron chi connectivity index (χ3n) is 2.73. The van der Waals surface area contributed by atoms with E-state index in [1.165, 1.54) is 54.7 Å². The molecule has 0 spiro atoms. The molecule has 0 aromatic heterocycles. The first kappa shape index (κ1) is 27.4. The van der Waals surface area contributed by atoms with Gasteiger partial charge in [-0.25, -0.2) is 0 Å². The molecule has 0 aliphatic carbocycles. The van der Waals surface area contributed by atoms with Gasteiger partial charge in [0.1, 0.15) is 0 Å². The van der Waals surface area contributed by atoms with Gasteiger partial charge in [-0.05, 0) is 61.6 Å². The molecule has 0 N–H and O–H groups in total. The lowest BCUT2D eigenvalue weighted by atomic mass is 10.00. The third kappa shape index (κ3) is 10.5. The van der Waals surface area contributed by atoms with Crippen LogP contribution in [0.3, 0.4) is 0 Å². The minimum absolute atomic E-state index is 0. The number of hydrogen-bond donors (Lipinski definition) is 0. The van der Waals surface area contributed by atoms with Crippen molar-refractivity contribution >= 4 is 18.5 Å². The third-order valence-corrected chi connectivity index (χ3v) is 3.54. The first-order chi connectivity index (χ1) is 7.27. The standard InChI is InChI=1S/C13H22P2.4CH4/c1-11-10-12(4-2-8-14)6-7-13(11)5-3-9-15;;;;/h6-7,10H,2-5,8-9,14-15H2,1H3;4*1H4. The highest BCUT2D eigenvalue weighted by Gasteiger charge is 1.99. The van der Waals surface area contributed by atoms with Gasteiger partial charge in [0.15, 0.2) is 0 Å². The normalized spacial score (nSPS) is 8.37. The summed E-state index contributed by atoms with van der Waals surface area (Å²) in [7, 11) is 5.59. The van der Waals surface area contributed by atoms with Gasteiger partial charge < -0.3 is 0 Å². The Kier molecular flexibility index (Phi) is 23.3. The van der Waals surface area contributed by atoms with Crippen molar-refractivity contribution in [1.82, 2.24) is 0 Å². The molecule has 0 aliphatic heterocycles. The van der Waals surface area contributed by atoms with Crippen molar-refractivity contribution in [2.24, 2.45) is 0 Å². The maximum absolute atomic E-state index is 2.80. The summed E-state index contributed by atoms with van der Waals surface area (Å²) in [4.78, 5) is 0. The Balaban J connectivity index is -0.000000281. The molecule has 1 aromatic rings. The molecule has 19 heavy (non-hydrogen) atoms. The zero-order chi connectivity index (χ0) is 11.1. The fraction of sp³-hybridized carbons (Fsp3) is 0.647. The molecule has 0 saturated carbocycles. The second-order valence-corrected chi connectivity index (χ2v) is 5.20. The number of benzene rings is 1. The minimum Gasteiger partial charge on any atom is -0.138 e. The first-order valence-corrected chi connectivity index (χ1v) is 7.39. The van der Waals surface area contributed by atoms with E-state index in [1.807, 2.05) is 0 Å². The summed E-state index contributed by atoms with van der Waals surface area (Å²) in [5.41, 5.74) is 4.48. The van der Waals surface area contributed by atoms with Crippen LogP contribution in [0.5, 0.6) is 0 Å². The SMILES string of the molecule is C.C.C.C.Cc1cc(CCCP)ccc1CCCP. The fourth-order valence-electron chi connectivity index (χ4n) is 1.79. The summed E-state index contributed by atoms with van der Waals surface area (Å²) in [6, 6.07) is 6.97. The Labute approximate surface area is 128 Å². The van der Waals surface area contributed by atoms with Crippen molar-refractivity contribution in [2.75, 3.05) is 12.3 Å². The topological polar surface area (TPSA) is 0 Å². The quantitative estimate of drug-likeness (QED) is 0.552. The van der Waals surface area contributed by atoms with Crippen LogP contribution in [0.15, 0.2) is 18.2 Å². The summed E-state index contributed by atoms with van der Waals surface area (Å²) in [6.07, 6.45) is 7.39. The van der Waals surface area contributed by atoms with E-state index in [9.17, 15) is 0 Å². The van der Waals surface area contributed by atoms with Crippen molar-refractivity contribution in [3.05, 3.63) is 34.9 Å². The highest BCUT2D eigenvalue weighted by atomic mass is 31.0. The molecular formula is C17H38P2. The van der Waals surface area contributed by atoms with Crippen molar-refractivity contribution in [3.63, 3.8) is 0 Å². The van der Waals surface area contributed by atoms with Gasteiger partial charge in [0.25, 0.3) is 0 Å². The maximum Gasteiger partial charge on any atom is -0.0273 e. The summed E-state index contributed by atoms with van der Waals surface area (Å²) < 4.78 is 0. The Morgan fingerprint density at radius 1 is 0.842 bits per heavy atom. The van der Waals surface area contributed by atoms with E-state index in [4.69, 9.17) is 0 Å². The van der Waals surface area contributed by atoms with E-state index < -0.39 is 0 Å². The molecule has 1 aromatic carbocycles. The van der Waals surface area contributed by atoms with Gasteiger partial charge in [-0.3, -0.25) is 0 Å². The van der Waals surface area contributed by atoms with E-state index in [1.54, 1.807) is 0 Å². The predicted octanol–water partition coefficient (Wildman–Crippen LogP) is 6.15. The fourth-order valence-corrected chi connectivity index (χ4v) is 2.20. The van der Waals surface area contributed by atoms with E-state index in [-0.39, 0.29) is 29.7 Å². The zero-order valence-electron chi connectivity index (χ0n) is 9.63. The van der Waals surface area contributed by atoms with E-state index in [0.29, 0.717) is 0 Å². The van der Waals surface area contributed by atoms with Crippen molar-refractivity contribution in [2.45, 2.75) is 62.3 Å². The van der Waals surface area contributed by atoms with Crippen LogP contribution in [0.25, 0.3) is 0 Å². The minimum atomic E-state index is 0. The summed E-state index contributed by atoms with van der Waals surface area (Å²) in [5, 5.41) is 0. The van der Waals surface area contributed by atoms with Crippen LogP contribution in [0.4, 0.5) is 0 Å². The van der Waals surface area contributed by atoms with Gasteiger partial charge in [-0.1, -0.05) is 47.9 Å². The monoisotopic (exact) mass is 304 g/mol. The van der Waals surface area contributed by atoms with Crippen LogP contribution in [0.1, 0.15) is 59.2 Å². The van der Waals surface area contributed by atoms with E-state index in [0.717, 1.165) is 0 Å². The molecule has 0 radical (unpaired) electrons. The molecule has 0 fully saturated rings. The zero-order valence-corrected chi connectivity index (χ0v) is 11.9. The molecular weight excluding hydrogens is 266 g/mol. The molecule has 0 nitrogen and oxygen atoms in total. The molecule has 0 aliphatic rings. The highest BCUT2D eigenvalue weighted by Crippen LogP contribution is 2.15. The number of hydrogen-bond acceptors (Lipinski definition) is 0. The molecule has 0 amide bonds. The van der Waals surface area contributed by atoms with Crippen molar-refractivity contribution in [1.29, 1.82) is 0 Å². The predicted molar refractivity (Wildman–Crippen MR) is 104 cm³/mol. The second-order valence-electron chi connectivity index (χ2n) is 4.05. The van der Waals surface area contributed by atoms with Crippen LogP contribution in [-0.4, -0.2) is 12.3 Å². The molecule has 0 bridgehead atoms. The average Bonchev–Trinajstić information content (AvgIpc) is 2.25. The largest absolute Gasteiger partial charge is 0.138 e. The number of aryl methyl sites for hydroxylation is 3. The lowest BCUT2D eigenvalue weighted by Gasteiger charge is -2.07. The van der Waals surface area contributed by atoms with E-state index >= 15 is 0 Å². The van der Waals surface area contributed by atoms with Crippen LogP contribution in [0, 0.1) is 6.92 Å². The van der Waals surface area contributed by atoms with Gasteiger partial charge in [0, 0.05) is 0 Å². The average molecular weight is 304 g/mol. The molecule has 116 valence electrons. The Bertz CT molecular complexity index is 295. The van der Waals surface area contributed by atoms with Crippen molar-refractivity contribution in [3.8, 4) is 0 Å². The van der Waals surface area contributed by atoms with Gasteiger partial charge in [-0.15, -0.1) is 18.5 Å². The van der Waals surface area contributed by atoms with Gasteiger partial charge in [0.2, 0.25) is 0 Å². The first-order valence-electron chi connectivity index (χ1n) is 5.76. The van der Waals surface area contributed by atoms with Crippen LogP contribution < -0.4 is 0 Å². The molecule has 2 unspecified atom stereocenters. The maximum atomic E-state index is 2.80. The van der Waals surface area contributed by atoms with Crippen LogP contribution in [-0.2, 0) is 12.8 Å². The van der Waals surface area contributed by atoms with Crippen molar-refractivity contribution < 1.29 is 0 Å². The highest BCUT2D eigenvalue weighted by molar-refractivity contribution is 7.16. The summed E-state index contributed by atoms with van der Waals surface area (Å²) in [6.45, 7) is 2.24. The lowest BCUT2D eigenvalue weighted by molar-refractivity contribution is 0.906. The molecule has 0 heterocycles.